The predicted molar refractivity (Wildman–Crippen MR) is 75.7 cm³/mol. The summed E-state index contributed by atoms with van der Waals surface area (Å²) in [6.45, 7) is 0. The SMILES string of the molecule is Nc1ccc(/C=C/C(=O)c2ccccc2Cl)cc1. The lowest BCUT2D eigenvalue weighted by Gasteiger charge is -1.98. The van der Waals surface area contributed by atoms with Gasteiger partial charge >= 0.3 is 0 Å². The van der Waals surface area contributed by atoms with Gasteiger partial charge in [-0.15, -0.1) is 0 Å². The summed E-state index contributed by atoms with van der Waals surface area (Å²) in [5, 5.41) is 0.462. The lowest BCUT2D eigenvalue weighted by atomic mass is 10.1. The summed E-state index contributed by atoms with van der Waals surface area (Å²) in [7, 11) is 0. The van der Waals surface area contributed by atoms with Crippen LogP contribution >= 0.6 is 11.6 Å². The third kappa shape index (κ3) is 2.99. The van der Waals surface area contributed by atoms with Crippen molar-refractivity contribution in [3.8, 4) is 0 Å². The van der Waals surface area contributed by atoms with Crippen LogP contribution in [0.15, 0.2) is 54.6 Å². The Bertz CT molecular complexity index is 588. The highest BCUT2D eigenvalue weighted by Gasteiger charge is 2.05. The maximum absolute atomic E-state index is 11.9. The van der Waals surface area contributed by atoms with Crippen molar-refractivity contribution in [2.24, 2.45) is 0 Å². The van der Waals surface area contributed by atoms with E-state index < -0.39 is 0 Å². The van der Waals surface area contributed by atoms with Crippen molar-refractivity contribution >= 4 is 29.1 Å². The quantitative estimate of drug-likeness (QED) is 0.516. The molecule has 0 aliphatic carbocycles. The first kappa shape index (κ1) is 12.4. The number of ketones is 1. The molecule has 0 fully saturated rings. The Labute approximate surface area is 111 Å². The molecule has 2 rings (SSSR count). The van der Waals surface area contributed by atoms with E-state index in [9.17, 15) is 4.79 Å². The van der Waals surface area contributed by atoms with E-state index in [4.69, 9.17) is 17.3 Å². The minimum absolute atomic E-state index is 0.113. The summed E-state index contributed by atoms with van der Waals surface area (Å²) < 4.78 is 0. The van der Waals surface area contributed by atoms with Gasteiger partial charge in [0.1, 0.15) is 0 Å². The molecule has 0 aliphatic rings. The maximum atomic E-state index is 11.9. The number of carbonyl (C=O) groups is 1. The fourth-order valence-electron chi connectivity index (χ4n) is 1.53. The molecule has 0 atom stereocenters. The highest BCUT2D eigenvalue weighted by Crippen LogP contribution is 2.16. The van der Waals surface area contributed by atoms with Crippen LogP contribution in [0.2, 0.25) is 5.02 Å². The van der Waals surface area contributed by atoms with Crippen molar-refractivity contribution < 1.29 is 4.79 Å². The minimum Gasteiger partial charge on any atom is -0.399 e. The second-order valence-corrected chi connectivity index (χ2v) is 4.25. The summed E-state index contributed by atoms with van der Waals surface area (Å²) in [6, 6.07) is 14.3. The zero-order valence-electron chi connectivity index (χ0n) is 9.64. The van der Waals surface area contributed by atoms with E-state index in [1.54, 1.807) is 42.5 Å². The molecular weight excluding hydrogens is 246 g/mol. The highest BCUT2D eigenvalue weighted by atomic mass is 35.5. The molecule has 18 heavy (non-hydrogen) atoms. The number of halogens is 1. The largest absolute Gasteiger partial charge is 0.399 e. The molecule has 0 saturated heterocycles. The Morgan fingerprint density at radius 3 is 2.39 bits per heavy atom. The van der Waals surface area contributed by atoms with Gasteiger partial charge in [0.25, 0.3) is 0 Å². The second kappa shape index (κ2) is 5.52. The van der Waals surface area contributed by atoms with Crippen LogP contribution in [-0.4, -0.2) is 5.78 Å². The van der Waals surface area contributed by atoms with E-state index >= 15 is 0 Å². The fraction of sp³-hybridized carbons (Fsp3) is 0. The number of anilines is 1. The molecule has 0 saturated carbocycles. The first-order chi connectivity index (χ1) is 8.66. The van der Waals surface area contributed by atoms with Crippen LogP contribution in [0.5, 0.6) is 0 Å². The van der Waals surface area contributed by atoms with Gasteiger partial charge in [0.15, 0.2) is 5.78 Å². The third-order valence-electron chi connectivity index (χ3n) is 2.50. The van der Waals surface area contributed by atoms with E-state index in [-0.39, 0.29) is 5.78 Å². The Morgan fingerprint density at radius 2 is 1.72 bits per heavy atom. The van der Waals surface area contributed by atoms with Crippen molar-refractivity contribution in [2.45, 2.75) is 0 Å². The van der Waals surface area contributed by atoms with Crippen LogP contribution in [0.25, 0.3) is 6.08 Å². The van der Waals surface area contributed by atoms with E-state index in [0.29, 0.717) is 16.3 Å². The van der Waals surface area contributed by atoms with Gasteiger partial charge < -0.3 is 5.73 Å². The lowest BCUT2D eigenvalue weighted by molar-refractivity contribution is 0.104. The maximum Gasteiger partial charge on any atom is 0.187 e. The predicted octanol–water partition coefficient (Wildman–Crippen LogP) is 3.82. The van der Waals surface area contributed by atoms with E-state index in [1.165, 1.54) is 6.08 Å². The number of allylic oxidation sites excluding steroid dienone is 1. The van der Waals surface area contributed by atoms with Gasteiger partial charge in [-0.2, -0.15) is 0 Å². The van der Waals surface area contributed by atoms with Gasteiger partial charge in [-0.1, -0.05) is 41.9 Å². The average Bonchev–Trinajstić information content (AvgIpc) is 2.38. The number of hydrogen-bond donors (Lipinski definition) is 1. The normalized spacial score (nSPS) is 10.7. The summed E-state index contributed by atoms with van der Waals surface area (Å²) >= 11 is 5.95. The van der Waals surface area contributed by atoms with E-state index in [2.05, 4.69) is 0 Å². The van der Waals surface area contributed by atoms with Crippen molar-refractivity contribution in [1.29, 1.82) is 0 Å². The number of carbonyl (C=O) groups excluding carboxylic acids is 1. The fourth-order valence-corrected chi connectivity index (χ4v) is 1.76. The average molecular weight is 258 g/mol. The number of nitrogens with two attached hydrogens (primary N) is 1. The zero-order chi connectivity index (χ0) is 13.0. The van der Waals surface area contributed by atoms with Crippen LogP contribution in [0.1, 0.15) is 15.9 Å². The standard InChI is InChI=1S/C15H12ClNO/c16-14-4-2-1-3-13(14)15(18)10-7-11-5-8-12(17)9-6-11/h1-10H,17H2/b10-7+. The Balaban J connectivity index is 2.17. The van der Waals surface area contributed by atoms with Crippen LogP contribution in [-0.2, 0) is 0 Å². The smallest absolute Gasteiger partial charge is 0.187 e. The molecule has 0 aliphatic heterocycles. The molecule has 0 amide bonds. The van der Waals surface area contributed by atoms with Gasteiger partial charge in [0.2, 0.25) is 0 Å². The van der Waals surface area contributed by atoms with Crippen LogP contribution in [0.4, 0.5) is 5.69 Å². The molecule has 3 heteroatoms. The first-order valence-electron chi connectivity index (χ1n) is 5.49. The molecule has 0 spiro atoms. The number of nitrogen functional groups attached to an aromatic ring is 1. The third-order valence-corrected chi connectivity index (χ3v) is 2.83. The van der Waals surface area contributed by atoms with Crippen LogP contribution in [0.3, 0.4) is 0 Å². The van der Waals surface area contributed by atoms with Gasteiger partial charge in [0.05, 0.1) is 5.02 Å². The Hall–Kier alpha value is -2.06. The van der Waals surface area contributed by atoms with Crippen molar-refractivity contribution in [1.82, 2.24) is 0 Å². The molecule has 2 nitrogen and oxygen atoms in total. The molecule has 0 heterocycles. The van der Waals surface area contributed by atoms with Crippen molar-refractivity contribution in [2.75, 3.05) is 5.73 Å². The summed E-state index contributed by atoms with van der Waals surface area (Å²) in [5.41, 5.74) is 7.71. The minimum atomic E-state index is -0.113. The highest BCUT2D eigenvalue weighted by molar-refractivity contribution is 6.34. The first-order valence-corrected chi connectivity index (χ1v) is 5.87. The zero-order valence-corrected chi connectivity index (χ0v) is 10.4. The molecule has 2 aromatic rings. The summed E-state index contributed by atoms with van der Waals surface area (Å²) in [4.78, 5) is 11.9. The van der Waals surface area contributed by atoms with Gasteiger partial charge in [-0.3, -0.25) is 4.79 Å². The molecule has 2 aromatic carbocycles. The van der Waals surface area contributed by atoms with Crippen molar-refractivity contribution in [3.63, 3.8) is 0 Å². The van der Waals surface area contributed by atoms with E-state index in [0.717, 1.165) is 5.56 Å². The van der Waals surface area contributed by atoms with E-state index in [1.807, 2.05) is 12.1 Å². The summed E-state index contributed by atoms with van der Waals surface area (Å²) in [6.07, 6.45) is 3.25. The second-order valence-electron chi connectivity index (χ2n) is 3.84. The monoisotopic (exact) mass is 257 g/mol. The molecule has 2 N–H and O–H groups in total. The molecular formula is C15H12ClNO. The molecule has 0 bridgehead atoms. The van der Waals surface area contributed by atoms with Crippen molar-refractivity contribution in [3.05, 3.63) is 70.8 Å². The Kier molecular flexibility index (Phi) is 3.80. The van der Waals surface area contributed by atoms with Gasteiger partial charge in [-0.05, 0) is 35.9 Å². The van der Waals surface area contributed by atoms with Gasteiger partial charge in [-0.25, -0.2) is 0 Å². The number of benzene rings is 2. The molecule has 0 aromatic heterocycles. The lowest BCUT2D eigenvalue weighted by Crippen LogP contribution is -1.94. The Morgan fingerprint density at radius 1 is 1.06 bits per heavy atom. The topological polar surface area (TPSA) is 43.1 Å². The van der Waals surface area contributed by atoms with Crippen LogP contribution < -0.4 is 5.73 Å². The van der Waals surface area contributed by atoms with Gasteiger partial charge in [0, 0.05) is 11.3 Å². The number of hydrogen-bond acceptors (Lipinski definition) is 2. The molecule has 90 valence electrons. The summed E-state index contributed by atoms with van der Waals surface area (Å²) in [5.74, 6) is -0.113. The molecule has 0 unspecified atom stereocenters. The van der Waals surface area contributed by atoms with Crippen LogP contribution in [0, 0.1) is 0 Å². The number of rotatable bonds is 3. The molecule has 0 radical (unpaired) electrons.